The molecule has 0 bridgehead atoms. The van der Waals surface area contributed by atoms with Gasteiger partial charge in [-0.1, -0.05) is 60.7 Å². The van der Waals surface area contributed by atoms with Gasteiger partial charge in [0.25, 0.3) is 0 Å². The summed E-state index contributed by atoms with van der Waals surface area (Å²) in [5.74, 6) is 0.817. The van der Waals surface area contributed by atoms with Gasteiger partial charge in [-0.15, -0.1) is 24.0 Å². The number of guanidine groups is 1. The Kier molecular flexibility index (Phi) is 10.5. The Morgan fingerprint density at radius 3 is 2.03 bits per heavy atom. The van der Waals surface area contributed by atoms with E-state index in [0.717, 1.165) is 31.2 Å². The molecule has 29 heavy (non-hydrogen) atoms. The Morgan fingerprint density at radius 1 is 0.931 bits per heavy atom. The highest BCUT2D eigenvalue weighted by Gasteiger charge is 2.23. The van der Waals surface area contributed by atoms with E-state index in [1.165, 1.54) is 18.4 Å². The van der Waals surface area contributed by atoms with E-state index in [-0.39, 0.29) is 36.5 Å². The molecule has 2 aromatic carbocycles. The highest BCUT2D eigenvalue weighted by Crippen LogP contribution is 2.24. The van der Waals surface area contributed by atoms with Crippen molar-refractivity contribution < 1.29 is 5.11 Å². The summed E-state index contributed by atoms with van der Waals surface area (Å²) in [5.41, 5.74) is 2.47. The molecule has 0 aliphatic carbocycles. The van der Waals surface area contributed by atoms with E-state index >= 15 is 0 Å². The lowest BCUT2D eigenvalue weighted by molar-refractivity contribution is 0.245. The zero-order chi connectivity index (χ0) is 19.6. The number of aliphatic hydroxyl groups is 1. The number of hydrogen-bond donors (Lipinski definition) is 3. The van der Waals surface area contributed by atoms with Crippen molar-refractivity contribution in [2.45, 2.75) is 24.8 Å². The summed E-state index contributed by atoms with van der Waals surface area (Å²) in [6, 6.07) is 21.1. The Hall–Kier alpha value is -1.64. The number of benzene rings is 2. The highest BCUT2D eigenvalue weighted by molar-refractivity contribution is 14.0. The molecule has 3 rings (SSSR count). The molecular formula is C23H33IN4O. The molecule has 1 aliphatic rings. The second kappa shape index (κ2) is 12.8. The van der Waals surface area contributed by atoms with Crippen molar-refractivity contribution in [3.05, 3.63) is 71.8 Å². The van der Waals surface area contributed by atoms with Gasteiger partial charge in [-0.2, -0.15) is 0 Å². The second-order valence-corrected chi connectivity index (χ2v) is 7.29. The number of aliphatic imine (C=N–C) groups is 1. The Bertz CT molecular complexity index is 720. The third-order valence-corrected chi connectivity index (χ3v) is 5.46. The smallest absolute Gasteiger partial charge is 0.191 e. The maximum atomic E-state index is 9.77. The molecule has 0 radical (unpaired) electrons. The van der Waals surface area contributed by atoms with E-state index in [1.807, 2.05) is 18.2 Å². The molecule has 3 N–H and O–H groups in total. The predicted molar refractivity (Wildman–Crippen MR) is 131 cm³/mol. The quantitative estimate of drug-likeness (QED) is 0.291. The summed E-state index contributed by atoms with van der Waals surface area (Å²) in [6.45, 7) is 3.84. The molecule has 1 saturated heterocycles. The number of aliphatic hydroxyl groups excluding tert-OH is 1. The lowest BCUT2D eigenvalue weighted by atomic mass is 10.0. The van der Waals surface area contributed by atoms with Crippen LogP contribution in [-0.4, -0.2) is 55.8 Å². The van der Waals surface area contributed by atoms with E-state index in [4.69, 9.17) is 0 Å². The lowest BCUT2D eigenvalue weighted by Crippen LogP contribution is -2.44. The first-order valence-electron chi connectivity index (χ1n) is 10.2. The maximum absolute atomic E-state index is 9.77. The van der Waals surface area contributed by atoms with Crippen LogP contribution in [0.15, 0.2) is 65.7 Å². The van der Waals surface area contributed by atoms with E-state index in [1.54, 1.807) is 7.05 Å². The first kappa shape index (κ1) is 23.6. The van der Waals surface area contributed by atoms with Gasteiger partial charge in [0.2, 0.25) is 0 Å². The van der Waals surface area contributed by atoms with Gasteiger partial charge in [0.05, 0.1) is 12.6 Å². The van der Waals surface area contributed by atoms with E-state index in [0.29, 0.717) is 12.6 Å². The average Bonchev–Trinajstić information content (AvgIpc) is 3.29. The van der Waals surface area contributed by atoms with Crippen LogP contribution in [-0.2, 0) is 0 Å². The van der Waals surface area contributed by atoms with E-state index in [9.17, 15) is 5.11 Å². The van der Waals surface area contributed by atoms with E-state index in [2.05, 4.69) is 63.0 Å². The normalized spacial score (nSPS) is 16.7. The lowest BCUT2D eigenvalue weighted by Gasteiger charge is -2.29. The van der Waals surface area contributed by atoms with Crippen LogP contribution in [0.5, 0.6) is 0 Å². The minimum Gasteiger partial charge on any atom is -0.396 e. The zero-order valence-electron chi connectivity index (χ0n) is 17.1. The number of hydrogen-bond acceptors (Lipinski definition) is 3. The number of rotatable bonds is 8. The van der Waals surface area contributed by atoms with Crippen LogP contribution in [0, 0.1) is 0 Å². The van der Waals surface area contributed by atoms with Crippen molar-refractivity contribution in [3.8, 4) is 0 Å². The summed E-state index contributed by atoms with van der Waals surface area (Å²) in [6.07, 6.45) is 2.54. The van der Waals surface area contributed by atoms with Crippen molar-refractivity contribution >= 4 is 29.9 Å². The summed E-state index contributed by atoms with van der Waals surface area (Å²) >= 11 is 0. The Labute approximate surface area is 191 Å². The summed E-state index contributed by atoms with van der Waals surface area (Å²) in [7, 11) is 1.79. The monoisotopic (exact) mass is 508 g/mol. The minimum absolute atomic E-state index is 0. The number of halogens is 1. The molecule has 0 saturated carbocycles. The first-order chi connectivity index (χ1) is 13.8. The predicted octanol–water partition coefficient (Wildman–Crippen LogP) is 3.38. The van der Waals surface area contributed by atoms with E-state index < -0.39 is 0 Å². The van der Waals surface area contributed by atoms with Crippen LogP contribution in [0.3, 0.4) is 0 Å². The third-order valence-electron chi connectivity index (χ3n) is 5.46. The van der Waals surface area contributed by atoms with Gasteiger partial charge in [-0.05, 0) is 37.1 Å². The van der Waals surface area contributed by atoms with Gasteiger partial charge >= 0.3 is 0 Å². The third kappa shape index (κ3) is 6.97. The molecular weight excluding hydrogens is 475 g/mol. The highest BCUT2D eigenvalue weighted by atomic mass is 127. The van der Waals surface area contributed by atoms with Gasteiger partial charge < -0.3 is 15.7 Å². The molecule has 0 aromatic heterocycles. The van der Waals surface area contributed by atoms with Crippen LogP contribution < -0.4 is 10.6 Å². The van der Waals surface area contributed by atoms with Crippen LogP contribution in [0.1, 0.15) is 35.9 Å². The molecule has 0 amide bonds. The molecule has 0 spiro atoms. The summed E-state index contributed by atoms with van der Waals surface area (Å²) < 4.78 is 0. The van der Waals surface area contributed by atoms with Gasteiger partial charge in [-0.3, -0.25) is 9.89 Å². The van der Waals surface area contributed by atoms with Crippen LogP contribution >= 0.6 is 24.0 Å². The fourth-order valence-electron chi connectivity index (χ4n) is 3.83. The molecule has 5 nitrogen and oxygen atoms in total. The van der Waals surface area contributed by atoms with Gasteiger partial charge in [0.1, 0.15) is 0 Å². The van der Waals surface area contributed by atoms with Crippen LogP contribution in [0.2, 0.25) is 0 Å². The molecule has 158 valence electrons. The molecule has 1 heterocycles. The van der Waals surface area contributed by atoms with Crippen LogP contribution in [0.4, 0.5) is 0 Å². The topological polar surface area (TPSA) is 59.9 Å². The Morgan fingerprint density at radius 2 is 1.48 bits per heavy atom. The largest absolute Gasteiger partial charge is 0.396 e. The fourth-order valence-corrected chi connectivity index (χ4v) is 3.83. The van der Waals surface area contributed by atoms with Gasteiger partial charge in [-0.25, -0.2) is 0 Å². The minimum atomic E-state index is 0. The average molecular weight is 508 g/mol. The van der Waals surface area contributed by atoms with Crippen molar-refractivity contribution in [3.63, 3.8) is 0 Å². The molecule has 1 aliphatic heterocycles. The molecule has 2 unspecified atom stereocenters. The van der Waals surface area contributed by atoms with Crippen molar-refractivity contribution in [1.29, 1.82) is 0 Å². The van der Waals surface area contributed by atoms with Crippen molar-refractivity contribution in [2.24, 2.45) is 4.99 Å². The number of nitrogens with one attached hydrogen (secondary N) is 2. The Balaban J connectivity index is 0.00000300. The molecule has 2 aromatic rings. The van der Waals surface area contributed by atoms with Gasteiger partial charge in [0, 0.05) is 26.1 Å². The molecule has 2 atom stereocenters. The summed E-state index contributed by atoms with van der Waals surface area (Å²) in [4.78, 5) is 6.93. The second-order valence-electron chi connectivity index (χ2n) is 7.29. The van der Waals surface area contributed by atoms with Crippen molar-refractivity contribution in [1.82, 2.24) is 15.5 Å². The number of likely N-dealkylation sites (tertiary alicyclic amines) is 1. The number of nitrogens with zero attached hydrogens (tertiary/aromatic N) is 2. The molecule has 1 fully saturated rings. The zero-order valence-corrected chi connectivity index (χ0v) is 19.5. The first-order valence-corrected chi connectivity index (χ1v) is 10.2. The standard InChI is InChI=1S/C23H32N4O.HI/c1-24-23(25-16-21(18-28)19-10-4-2-5-11-19)26-17-22(27-14-8-9-15-27)20-12-6-3-7-13-20;/h2-7,10-13,21-22,28H,8-9,14-18H2,1H3,(H2,24,25,26);1H. The van der Waals surface area contributed by atoms with Crippen LogP contribution in [0.25, 0.3) is 0 Å². The van der Waals surface area contributed by atoms with Crippen molar-refractivity contribution in [2.75, 3.05) is 39.8 Å². The summed E-state index contributed by atoms with van der Waals surface area (Å²) in [5, 5.41) is 16.6. The van der Waals surface area contributed by atoms with Gasteiger partial charge in [0.15, 0.2) is 5.96 Å². The fraction of sp³-hybridized carbons (Fsp3) is 0.435. The maximum Gasteiger partial charge on any atom is 0.191 e. The SMILES string of the molecule is CN=C(NCC(CO)c1ccccc1)NCC(c1ccccc1)N1CCCC1.I. The molecule has 6 heteroatoms.